The average Bonchev–Trinajstić information content (AvgIpc) is 2.09. The Labute approximate surface area is 78.1 Å². The fourth-order valence-electron chi connectivity index (χ4n) is 0.865. The van der Waals surface area contributed by atoms with Crippen LogP contribution >= 0.6 is 0 Å². The Morgan fingerprint density at radius 3 is 2.08 bits per heavy atom. The molecule has 0 aliphatic carbocycles. The van der Waals surface area contributed by atoms with Gasteiger partial charge in [0.1, 0.15) is 0 Å². The van der Waals surface area contributed by atoms with Crippen LogP contribution in [0.2, 0.25) is 0 Å². The molecule has 3 heteroatoms. The summed E-state index contributed by atoms with van der Waals surface area (Å²) in [6.07, 6.45) is 1.57. The van der Waals surface area contributed by atoms with E-state index in [0.717, 1.165) is 5.56 Å². The van der Waals surface area contributed by atoms with Gasteiger partial charge < -0.3 is 0 Å². The van der Waals surface area contributed by atoms with Gasteiger partial charge in [0.25, 0.3) is 0 Å². The molecule has 0 saturated heterocycles. The van der Waals surface area contributed by atoms with Crippen molar-refractivity contribution in [2.24, 2.45) is 0 Å². The standard InChI is InChI=1S/C9H8O2.Ni/c1-3-7-5-9(11)8(10)4-6(7)2;/h2-5,10-11H,1H2;. The summed E-state index contributed by atoms with van der Waals surface area (Å²) in [6, 6.07) is 2.84. The maximum absolute atomic E-state index is 9.11. The van der Waals surface area contributed by atoms with E-state index in [1.807, 2.05) is 0 Å². The SMILES string of the molecule is C=Cc1cc(O)c(O)cc1[CH]=[Ni]. The number of benzene rings is 1. The van der Waals surface area contributed by atoms with Crippen LogP contribution in [0.1, 0.15) is 11.1 Å². The molecule has 0 aliphatic heterocycles. The molecule has 0 atom stereocenters. The van der Waals surface area contributed by atoms with Crippen molar-refractivity contribution in [3.05, 3.63) is 29.8 Å². The quantitative estimate of drug-likeness (QED) is 0.568. The van der Waals surface area contributed by atoms with Gasteiger partial charge in [0.05, 0.1) is 0 Å². The third-order valence-corrected chi connectivity index (χ3v) is 1.81. The van der Waals surface area contributed by atoms with Gasteiger partial charge in [-0.15, -0.1) is 0 Å². The van der Waals surface area contributed by atoms with Gasteiger partial charge in [-0.3, -0.25) is 0 Å². The second-order valence-corrected chi connectivity index (χ2v) is 2.55. The second-order valence-electron chi connectivity index (χ2n) is 2.27. The van der Waals surface area contributed by atoms with Gasteiger partial charge in [0.2, 0.25) is 0 Å². The fourth-order valence-corrected chi connectivity index (χ4v) is 1.11. The molecule has 0 spiro atoms. The molecule has 0 aliphatic rings. The van der Waals surface area contributed by atoms with Crippen LogP contribution in [0.3, 0.4) is 0 Å². The molecule has 0 heterocycles. The summed E-state index contributed by atoms with van der Waals surface area (Å²) < 4.78 is 0. The Hall–Kier alpha value is -1.08. The summed E-state index contributed by atoms with van der Waals surface area (Å²) in [6.45, 7) is 3.56. The van der Waals surface area contributed by atoms with Gasteiger partial charge in [0.15, 0.2) is 0 Å². The molecular weight excluding hydrogens is 199 g/mol. The normalized spacial score (nSPS) is 9.50. The molecule has 0 aromatic heterocycles. The van der Waals surface area contributed by atoms with E-state index < -0.39 is 0 Å². The first-order valence-corrected chi connectivity index (χ1v) is 3.84. The minimum atomic E-state index is -0.163. The van der Waals surface area contributed by atoms with Gasteiger partial charge in [-0.1, -0.05) is 0 Å². The minimum absolute atomic E-state index is 0.157. The second kappa shape index (κ2) is 3.55. The molecule has 66 valence electrons. The monoisotopic (exact) mass is 206 g/mol. The van der Waals surface area contributed by atoms with Crippen molar-refractivity contribution in [2.45, 2.75) is 0 Å². The van der Waals surface area contributed by atoms with Gasteiger partial charge in [0, 0.05) is 0 Å². The van der Waals surface area contributed by atoms with E-state index in [4.69, 9.17) is 10.2 Å². The predicted molar refractivity (Wildman–Crippen MR) is 45.0 cm³/mol. The maximum atomic E-state index is 9.11. The Morgan fingerprint density at radius 1 is 1.17 bits per heavy atom. The number of phenols is 2. The van der Waals surface area contributed by atoms with Crippen LogP contribution in [0.4, 0.5) is 0 Å². The molecule has 1 aromatic carbocycles. The van der Waals surface area contributed by atoms with Crippen molar-refractivity contribution >= 4 is 11.1 Å². The van der Waals surface area contributed by atoms with E-state index in [2.05, 4.69) is 21.6 Å². The molecule has 0 amide bonds. The molecule has 0 saturated carbocycles. The van der Waals surface area contributed by atoms with E-state index in [0.29, 0.717) is 5.56 Å². The van der Waals surface area contributed by atoms with Crippen LogP contribution in [-0.2, 0) is 15.0 Å². The number of aromatic hydroxyl groups is 2. The van der Waals surface area contributed by atoms with Crippen LogP contribution in [-0.4, -0.2) is 15.2 Å². The van der Waals surface area contributed by atoms with Crippen molar-refractivity contribution in [1.29, 1.82) is 0 Å². The topological polar surface area (TPSA) is 40.5 Å². The molecule has 2 N–H and O–H groups in total. The Balaban J connectivity index is 3.37. The van der Waals surface area contributed by atoms with E-state index in [9.17, 15) is 0 Å². The van der Waals surface area contributed by atoms with Crippen LogP contribution in [0.5, 0.6) is 11.5 Å². The number of hydrogen-bond acceptors (Lipinski definition) is 2. The van der Waals surface area contributed by atoms with Crippen LogP contribution in [0.15, 0.2) is 18.7 Å². The summed E-state index contributed by atoms with van der Waals surface area (Å²) in [7, 11) is 0. The van der Waals surface area contributed by atoms with Crippen LogP contribution < -0.4 is 0 Å². The van der Waals surface area contributed by atoms with Gasteiger partial charge in [-0.2, -0.15) is 0 Å². The van der Waals surface area contributed by atoms with E-state index in [1.54, 1.807) is 6.08 Å². The third kappa shape index (κ3) is 1.56. The first-order chi connectivity index (χ1) is 5.69. The molecule has 0 radical (unpaired) electrons. The Bertz CT molecular complexity index is 299. The zero-order valence-electron chi connectivity index (χ0n) is 6.23. The van der Waals surface area contributed by atoms with E-state index in [-0.39, 0.29) is 11.5 Å². The molecule has 0 unspecified atom stereocenters. The predicted octanol–water partition coefficient (Wildman–Crippen LogP) is 1.44. The fraction of sp³-hybridized carbons (Fsp3) is 0. The summed E-state index contributed by atoms with van der Waals surface area (Å²) >= 11 is 4.42. The van der Waals surface area contributed by atoms with Crippen molar-refractivity contribution in [3.63, 3.8) is 0 Å². The van der Waals surface area contributed by atoms with Crippen LogP contribution in [0, 0.1) is 0 Å². The zero-order valence-corrected chi connectivity index (χ0v) is 7.21. The van der Waals surface area contributed by atoms with Gasteiger partial charge in [-0.05, 0) is 0 Å². The Kier molecular flexibility index (Phi) is 2.67. The summed E-state index contributed by atoms with van der Waals surface area (Å²) in [5, 5.41) is 18.2. The van der Waals surface area contributed by atoms with Crippen molar-refractivity contribution in [3.8, 4) is 11.5 Å². The molecule has 1 aromatic rings. The van der Waals surface area contributed by atoms with E-state index in [1.165, 1.54) is 17.1 Å². The van der Waals surface area contributed by atoms with Gasteiger partial charge >= 0.3 is 77.7 Å². The van der Waals surface area contributed by atoms with Gasteiger partial charge in [-0.25, -0.2) is 0 Å². The van der Waals surface area contributed by atoms with Crippen LogP contribution in [0.25, 0.3) is 6.08 Å². The van der Waals surface area contributed by atoms with Crippen molar-refractivity contribution in [1.82, 2.24) is 0 Å². The molecule has 1 rings (SSSR count). The molecule has 12 heavy (non-hydrogen) atoms. The zero-order chi connectivity index (χ0) is 9.14. The molecular formula is C9H8NiO2. The third-order valence-electron chi connectivity index (χ3n) is 1.50. The average molecular weight is 207 g/mol. The summed E-state index contributed by atoms with van der Waals surface area (Å²) in [4.78, 5) is 1.47. The van der Waals surface area contributed by atoms with Crippen molar-refractivity contribution < 1.29 is 25.2 Å². The molecule has 0 fully saturated rings. The molecule has 2 nitrogen and oxygen atoms in total. The Morgan fingerprint density at radius 2 is 1.67 bits per heavy atom. The number of hydrogen-bond donors (Lipinski definition) is 2. The molecule has 0 bridgehead atoms. The van der Waals surface area contributed by atoms with Crippen molar-refractivity contribution in [2.75, 3.05) is 0 Å². The number of phenolic OH excluding ortho intramolecular Hbond substituents is 2. The summed E-state index contributed by atoms with van der Waals surface area (Å²) in [5.74, 6) is -0.320. The summed E-state index contributed by atoms with van der Waals surface area (Å²) in [5.41, 5.74) is 1.41. The first kappa shape index (κ1) is 9.02. The van der Waals surface area contributed by atoms with E-state index >= 15 is 0 Å². The first-order valence-electron chi connectivity index (χ1n) is 3.27. The number of rotatable bonds is 2.